The predicted molar refractivity (Wildman–Crippen MR) is 59.8 cm³/mol. The van der Waals surface area contributed by atoms with Gasteiger partial charge in [0.2, 0.25) is 0 Å². The minimum Gasteiger partial charge on any atom is -0.508 e. The van der Waals surface area contributed by atoms with Gasteiger partial charge in [0.15, 0.2) is 0 Å². The zero-order valence-corrected chi connectivity index (χ0v) is 9.85. The number of aromatic hydroxyl groups is 1. The van der Waals surface area contributed by atoms with E-state index < -0.39 is 0 Å². The van der Waals surface area contributed by atoms with Gasteiger partial charge in [0.1, 0.15) is 5.75 Å². The maximum absolute atomic E-state index is 9.70. The summed E-state index contributed by atoms with van der Waals surface area (Å²) in [5.41, 5.74) is 3.41. The molecule has 1 aromatic rings. The molecule has 13 heavy (non-hydrogen) atoms. The van der Waals surface area contributed by atoms with Crippen LogP contribution in [0, 0.1) is 13.8 Å². The molecule has 0 radical (unpaired) electrons. The van der Waals surface area contributed by atoms with Gasteiger partial charge < -0.3 is 5.11 Å². The van der Waals surface area contributed by atoms with Gasteiger partial charge in [-0.15, -0.1) is 0 Å². The van der Waals surface area contributed by atoms with Crippen LogP contribution in [0.15, 0.2) is 12.1 Å². The fourth-order valence-corrected chi connectivity index (χ4v) is 1.65. The van der Waals surface area contributed by atoms with Crippen LogP contribution in [0.4, 0.5) is 0 Å². The van der Waals surface area contributed by atoms with E-state index in [9.17, 15) is 5.11 Å². The molecule has 2 heteroatoms. The highest BCUT2D eigenvalue weighted by Crippen LogP contribution is 2.29. The lowest BCUT2D eigenvalue weighted by atomic mass is 9.97. The standard InChI is InChI=1S/C11H15BrO/c1-7-4-10(9(3)6-12)11(13)5-8(7)2/h4-5,9,13H,6H2,1-3H3. The second kappa shape index (κ2) is 4.14. The summed E-state index contributed by atoms with van der Waals surface area (Å²) < 4.78 is 0. The van der Waals surface area contributed by atoms with Crippen molar-refractivity contribution in [2.75, 3.05) is 5.33 Å². The predicted octanol–water partition coefficient (Wildman–Crippen LogP) is 3.51. The number of hydrogen-bond acceptors (Lipinski definition) is 1. The van der Waals surface area contributed by atoms with Crippen molar-refractivity contribution in [3.05, 3.63) is 28.8 Å². The molecule has 0 aliphatic rings. The van der Waals surface area contributed by atoms with Crippen LogP contribution in [0.2, 0.25) is 0 Å². The van der Waals surface area contributed by atoms with E-state index in [1.54, 1.807) is 0 Å². The fourth-order valence-electron chi connectivity index (χ4n) is 1.30. The Hall–Kier alpha value is -0.500. The molecule has 1 nitrogen and oxygen atoms in total. The number of phenolic OH excluding ortho intramolecular Hbond substituents is 1. The number of halogens is 1. The number of hydrogen-bond donors (Lipinski definition) is 1. The van der Waals surface area contributed by atoms with Crippen molar-refractivity contribution in [2.45, 2.75) is 26.7 Å². The Labute approximate surface area is 87.9 Å². The van der Waals surface area contributed by atoms with Gasteiger partial charge in [0.25, 0.3) is 0 Å². The Morgan fingerprint density at radius 2 is 1.85 bits per heavy atom. The van der Waals surface area contributed by atoms with Gasteiger partial charge in [-0.25, -0.2) is 0 Å². The maximum atomic E-state index is 9.70. The zero-order valence-electron chi connectivity index (χ0n) is 8.26. The van der Waals surface area contributed by atoms with E-state index >= 15 is 0 Å². The Bertz CT molecular complexity index is 307. The number of phenols is 1. The molecule has 0 aliphatic carbocycles. The average molecular weight is 243 g/mol. The van der Waals surface area contributed by atoms with Crippen molar-refractivity contribution in [2.24, 2.45) is 0 Å². The molecule has 0 aromatic heterocycles. The molecule has 0 bridgehead atoms. The average Bonchev–Trinajstić information content (AvgIpc) is 2.10. The first-order valence-corrected chi connectivity index (χ1v) is 5.54. The van der Waals surface area contributed by atoms with Gasteiger partial charge in [-0.3, -0.25) is 0 Å². The quantitative estimate of drug-likeness (QED) is 0.788. The van der Waals surface area contributed by atoms with Gasteiger partial charge in [-0.2, -0.15) is 0 Å². The number of aryl methyl sites for hydroxylation is 2. The number of benzene rings is 1. The summed E-state index contributed by atoms with van der Waals surface area (Å²) in [5, 5.41) is 10.6. The maximum Gasteiger partial charge on any atom is 0.119 e. The molecule has 0 heterocycles. The number of rotatable bonds is 2. The van der Waals surface area contributed by atoms with Crippen LogP contribution in [0.25, 0.3) is 0 Å². The molecular formula is C11H15BrO. The molecule has 72 valence electrons. The SMILES string of the molecule is Cc1cc(O)c(C(C)CBr)cc1C. The smallest absolute Gasteiger partial charge is 0.119 e. The van der Waals surface area contributed by atoms with E-state index in [1.165, 1.54) is 5.56 Å². The second-order valence-corrected chi connectivity index (χ2v) is 4.20. The fraction of sp³-hybridized carbons (Fsp3) is 0.455. The second-order valence-electron chi connectivity index (χ2n) is 3.55. The van der Waals surface area contributed by atoms with Gasteiger partial charge in [0, 0.05) is 5.33 Å². The van der Waals surface area contributed by atoms with Crippen molar-refractivity contribution in [1.82, 2.24) is 0 Å². The van der Waals surface area contributed by atoms with E-state index in [0.29, 0.717) is 11.7 Å². The largest absolute Gasteiger partial charge is 0.508 e. The summed E-state index contributed by atoms with van der Waals surface area (Å²) in [6.45, 7) is 6.18. The first-order valence-electron chi connectivity index (χ1n) is 4.42. The molecule has 0 fully saturated rings. The van der Waals surface area contributed by atoms with Gasteiger partial charge in [-0.1, -0.05) is 28.9 Å². The summed E-state index contributed by atoms with van der Waals surface area (Å²) in [4.78, 5) is 0. The Morgan fingerprint density at radius 3 is 2.38 bits per heavy atom. The Morgan fingerprint density at radius 1 is 1.31 bits per heavy atom. The third-order valence-corrected chi connectivity index (χ3v) is 3.38. The van der Waals surface area contributed by atoms with Crippen LogP contribution >= 0.6 is 15.9 Å². The molecular weight excluding hydrogens is 228 g/mol. The van der Waals surface area contributed by atoms with Crippen LogP contribution < -0.4 is 0 Å². The summed E-state index contributed by atoms with van der Waals surface area (Å²) in [6, 6.07) is 3.90. The highest BCUT2D eigenvalue weighted by atomic mass is 79.9. The molecule has 0 aliphatic heterocycles. The summed E-state index contributed by atoms with van der Waals surface area (Å²) >= 11 is 3.42. The molecule has 1 atom stereocenters. The van der Waals surface area contributed by atoms with Crippen molar-refractivity contribution < 1.29 is 5.11 Å². The number of alkyl halides is 1. The molecule has 0 spiro atoms. The van der Waals surface area contributed by atoms with E-state index in [0.717, 1.165) is 16.5 Å². The lowest BCUT2D eigenvalue weighted by Gasteiger charge is -2.12. The summed E-state index contributed by atoms with van der Waals surface area (Å²) in [5.74, 6) is 0.773. The minimum atomic E-state index is 0.360. The van der Waals surface area contributed by atoms with Crippen LogP contribution in [0.5, 0.6) is 5.75 Å². The van der Waals surface area contributed by atoms with Gasteiger partial charge in [-0.05, 0) is 42.5 Å². The molecule has 1 unspecified atom stereocenters. The summed E-state index contributed by atoms with van der Waals surface area (Å²) in [7, 11) is 0. The molecule has 1 rings (SSSR count). The normalized spacial score (nSPS) is 12.9. The summed E-state index contributed by atoms with van der Waals surface area (Å²) in [6.07, 6.45) is 0. The van der Waals surface area contributed by atoms with E-state index in [1.807, 2.05) is 13.0 Å². The first kappa shape index (κ1) is 10.6. The third kappa shape index (κ3) is 2.25. The topological polar surface area (TPSA) is 20.2 Å². The van der Waals surface area contributed by atoms with Crippen molar-refractivity contribution >= 4 is 15.9 Å². The Kier molecular flexibility index (Phi) is 3.37. The van der Waals surface area contributed by atoms with Crippen molar-refractivity contribution in [3.8, 4) is 5.75 Å². The monoisotopic (exact) mass is 242 g/mol. The van der Waals surface area contributed by atoms with Crippen LogP contribution in [0.1, 0.15) is 29.5 Å². The molecule has 0 saturated heterocycles. The molecule has 1 aromatic carbocycles. The Balaban J connectivity index is 3.15. The lowest BCUT2D eigenvalue weighted by Crippen LogP contribution is -1.96. The zero-order chi connectivity index (χ0) is 10.0. The molecule has 0 saturated carbocycles. The first-order chi connectivity index (χ1) is 6.06. The van der Waals surface area contributed by atoms with E-state index in [2.05, 4.69) is 35.8 Å². The lowest BCUT2D eigenvalue weighted by molar-refractivity contribution is 0.464. The molecule has 1 N–H and O–H groups in total. The van der Waals surface area contributed by atoms with Gasteiger partial charge >= 0.3 is 0 Å². The minimum absolute atomic E-state index is 0.360. The van der Waals surface area contributed by atoms with E-state index in [4.69, 9.17) is 0 Å². The van der Waals surface area contributed by atoms with Gasteiger partial charge in [0.05, 0.1) is 0 Å². The highest BCUT2D eigenvalue weighted by Gasteiger charge is 2.10. The molecule has 0 amide bonds. The van der Waals surface area contributed by atoms with E-state index in [-0.39, 0.29) is 0 Å². The highest BCUT2D eigenvalue weighted by molar-refractivity contribution is 9.09. The van der Waals surface area contributed by atoms with Crippen molar-refractivity contribution in [1.29, 1.82) is 0 Å². The third-order valence-electron chi connectivity index (χ3n) is 2.41. The van der Waals surface area contributed by atoms with Crippen LogP contribution in [0.3, 0.4) is 0 Å². The van der Waals surface area contributed by atoms with Crippen LogP contribution in [-0.4, -0.2) is 10.4 Å². The van der Waals surface area contributed by atoms with Crippen LogP contribution in [-0.2, 0) is 0 Å². The van der Waals surface area contributed by atoms with Crippen molar-refractivity contribution in [3.63, 3.8) is 0 Å².